The molecule has 0 bridgehead atoms. The van der Waals surface area contributed by atoms with Crippen LogP contribution in [-0.2, 0) is 13.0 Å². The van der Waals surface area contributed by atoms with Gasteiger partial charge in [0.25, 0.3) is 5.91 Å². The van der Waals surface area contributed by atoms with E-state index in [-0.39, 0.29) is 24.4 Å². The number of H-pyrrole nitrogens is 1. The zero-order valence-corrected chi connectivity index (χ0v) is 15.5. The lowest BCUT2D eigenvalue weighted by molar-refractivity contribution is 0.0933. The van der Waals surface area contributed by atoms with Crippen LogP contribution in [-0.4, -0.2) is 28.4 Å². The number of rotatable bonds is 5. The van der Waals surface area contributed by atoms with Crippen LogP contribution in [0.3, 0.4) is 0 Å². The van der Waals surface area contributed by atoms with Gasteiger partial charge in [-0.3, -0.25) is 9.89 Å². The third-order valence-electron chi connectivity index (χ3n) is 4.06. The standard InChI is InChI=1S/C17H22N4OS.ClH/c1-3-23-13-6-4-12(5-7-13)11(2)19-17(22)16-14-10-18-9-8-15(14)20-21-16;/h4-7,11,18H,3,8-10H2,1-2H3,(H,19,22)(H,20,21);1H. The Balaban J connectivity index is 0.00000208. The monoisotopic (exact) mass is 366 g/mol. The first-order valence-corrected chi connectivity index (χ1v) is 8.98. The number of thioether (sulfide) groups is 1. The number of hydrogen-bond donors (Lipinski definition) is 3. The van der Waals surface area contributed by atoms with Gasteiger partial charge in [0.15, 0.2) is 5.69 Å². The quantitative estimate of drug-likeness (QED) is 0.711. The van der Waals surface area contributed by atoms with Gasteiger partial charge in [0.05, 0.1) is 6.04 Å². The van der Waals surface area contributed by atoms with Gasteiger partial charge in [-0.2, -0.15) is 5.10 Å². The maximum atomic E-state index is 12.5. The van der Waals surface area contributed by atoms with Gasteiger partial charge in [-0.1, -0.05) is 19.1 Å². The molecule has 1 aromatic heterocycles. The molecule has 3 rings (SSSR count). The minimum atomic E-state index is -0.120. The summed E-state index contributed by atoms with van der Waals surface area (Å²) in [6, 6.07) is 8.31. The lowest BCUT2D eigenvalue weighted by Gasteiger charge is -2.16. The van der Waals surface area contributed by atoms with E-state index in [2.05, 4.69) is 52.0 Å². The average Bonchev–Trinajstić information content (AvgIpc) is 3.00. The van der Waals surface area contributed by atoms with Crippen LogP contribution >= 0.6 is 24.2 Å². The first-order chi connectivity index (χ1) is 11.2. The highest BCUT2D eigenvalue weighted by Gasteiger charge is 2.22. The number of nitrogens with one attached hydrogen (secondary N) is 3. The Bertz CT molecular complexity index is 686. The zero-order valence-electron chi connectivity index (χ0n) is 13.9. The average molecular weight is 367 g/mol. The predicted octanol–water partition coefficient (Wildman–Crippen LogP) is 3.08. The molecule has 1 atom stereocenters. The Hall–Kier alpha value is -1.50. The van der Waals surface area contributed by atoms with Crippen LogP contribution in [0.2, 0.25) is 0 Å². The van der Waals surface area contributed by atoms with E-state index in [0.29, 0.717) is 12.2 Å². The number of amides is 1. The summed E-state index contributed by atoms with van der Waals surface area (Å²) in [5.41, 5.74) is 3.68. The maximum Gasteiger partial charge on any atom is 0.272 e. The molecule has 0 aliphatic carbocycles. The molecule has 5 nitrogen and oxygen atoms in total. The van der Waals surface area contributed by atoms with Crippen molar-refractivity contribution in [2.45, 2.75) is 37.8 Å². The van der Waals surface area contributed by atoms with Gasteiger partial charge in [0.2, 0.25) is 0 Å². The summed E-state index contributed by atoms with van der Waals surface area (Å²) in [7, 11) is 0. The zero-order chi connectivity index (χ0) is 16.2. The molecule has 130 valence electrons. The van der Waals surface area contributed by atoms with Gasteiger partial charge in [-0.05, 0) is 30.4 Å². The largest absolute Gasteiger partial charge is 0.344 e. The van der Waals surface area contributed by atoms with Crippen molar-refractivity contribution in [3.8, 4) is 0 Å². The molecule has 0 fully saturated rings. The highest BCUT2D eigenvalue weighted by Crippen LogP contribution is 2.21. The molecule has 0 saturated heterocycles. The molecule has 1 aliphatic rings. The van der Waals surface area contributed by atoms with Gasteiger partial charge in [0.1, 0.15) is 0 Å². The normalized spacial score (nSPS) is 14.4. The Morgan fingerprint density at radius 3 is 2.83 bits per heavy atom. The van der Waals surface area contributed by atoms with Crippen LogP contribution in [0.4, 0.5) is 0 Å². The van der Waals surface area contributed by atoms with Crippen molar-refractivity contribution in [1.82, 2.24) is 20.8 Å². The van der Waals surface area contributed by atoms with Gasteiger partial charge in [-0.25, -0.2) is 0 Å². The summed E-state index contributed by atoms with van der Waals surface area (Å²) in [5.74, 6) is 0.940. The fourth-order valence-electron chi connectivity index (χ4n) is 2.78. The van der Waals surface area contributed by atoms with Crippen molar-refractivity contribution >= 4 is 30.1 Å². The number of hydrogen-bond acceptors (Lipinski definition) is 4. The van der Waals surface area contributed by atoms with Crippen molar-refractivity contribution < 1.29 is 4.79 Å². The minimum absolute atomic E-state index is 0. The second-order valence-corrected chi connectivity index (χ2v) is 6.99. The number of benzene rings is 1. The van der Waals surface area contributed by atoms with Crippen molar-refractivity contribution in [2.24, 2.45) is 0 Å². The van der Waals surface area contributed by atoms with E-state index in [1.54, 1.807) is 0 Å². The smallest absolute Gasteiger partial charge is 0.272 e. The van der Waals surface area contributed by atoms with Crippen LogP contribution in [0.5, 0.6) is 0 Å². The summed E-state index contributed by atoms with van der Waals surface area (Å²) in [4.78, 5) is 13.8. The highest BCUT2D eigenvalue weighted by molar-refractivity contribution is 7.99. The third-order valence-corrected chi connectivity index (χ3v) is 4.95. The van der Waals surface area contributed by atoms with E-state index >= 15 is 0 Å². The Labute approximate surface area is 152 Å². The number of carbonyl (C=O) groups excluding carboxylic acids is 1. The lowest BCUT2D eigenvalue weighted by Crippen LogP contribution is -2.30. The van der Waals surface area contributed by atoms with E-state index in [9.17, 15) is 4.79 Å². The van der Waals surface area contributed by atoms with E-state index in [1.165, 1.54) is 4.90 Å². The van der Waals surface area contributed by atoms with Crippen molar-refractivity contribution in [3.63, 3.8) is 0 Å². The van der Waals surface area contributed by atoms with Gasteiger partial charge in [-0.15, -0.1) is 24.2 Å². The van der Waals surface area contributed by atoms with Crippen LogP contribution < -0.4 is 10.6 Å². The molecule has 7 heteroatoms. The van der Waals surface area contributed by atoms with Crippen LogP contribution in [0.25, 0.3) is 0 Å². The molecule has 0 saturated carbocycles. The number of halogens is 1. The van der Waals surface area contributed by atoms with Gasteiger partial charge >= 0.3 is 0 Å². The van der Waals surface area contributed by atoms with Gasteiger partial charge in [0, 0.05) is 35.7 Å². The SMILES string of the molecule is CCSc1ccc(C(C)NC(=O)c2n[nH]c3c2CNCC3)cc1.Cl. The number of aromatic amines is 1. The summed E-state index contributed by atoms with van der Waals surface area (Å²) < 4.78 is 0. The third kappa shape index (κ3) is 4.12. The first-order valence-electron chi connectivity index (χ1n) is 7.99. The number of aromatic nitrogens is 2. The summed E-state index contributed by atoms with van der Waals surface area (Å²) in [6.07, 6.45) is 0.891. The highest BCUT2D eigenvalue weighted by atomic mass is 35.5. The first kappa shape index (κ1) is 18.8. The second-order valence-electron chi connectivity index (χ2n) is 5.65. The Morgan fingerprint density at radius 2 is 2.12 bits per heavy atom. The van der Waals surface area contributed by atoms with Crippen molar-refractivity contribution in [3.05, 3.63) is 46.8 Å². The molecule has 1 unspecified atom stereocenters. The topological polar surface area (TPSA) is 69.8 Å². The van der Waals surface area contributed by atoms with Crippen molar-refractivity contribution in [1.29, 1.82) is 0 Å². The molecule has 1 aromatic carbocycles. The molecule has 2 aromatic rings. The molecule has 2 heterocycles. The van der Waals surface area contributed by atoms with E-state index in [1.807, 2.05) is 18.7 Å². The Kier molecular flexibility index (Phi) is 6.71. The molecule has 0 radical (unpaired) electrons. The van der Waals surface area contributed by atoms with Crippen LogP contribution in [0.1, 0.15) is 47.2 Å². The molecular weight excluding hydrogens is 344 g/mol. The molecule has 3 N–H and O–H groups in total. The van der Waals surface area contributed by atoms with E-state index in [4.69, 9.17) is 0 Å². The minimum Gasteiger partial charge on any atom is -0.344 e. The number of carbonyl (C=O) groups is 1. The summed E-state index contributed by atoms with van der Waals surface area (Å²) in [6.45, 7) is 5.76. The lowest BCUT2D eigenvalue weighted by atomic mass is 10.1. The fourth-order valence-corrected chi connectivity index (χ4v) is 3.44. The summed E-state index contributed by atoms with van der Waals surface area (Å²) >= 11 is 1.81. The van der Waals surface area contributed by atoms with Gasteiger partial charge < -0.3 is 10.6 Å². The second kappa shape index (κ2) is 8.55. The predicted molar refractivity (Wildman–Crippen MR) is 100.0 cm³/mol. The summed E-state index contributed by atoms with van der Waals surface area (Å²) in [5, 5.41) is 13.5. The number of nitrogens with zero attached hydrogens (tertiary/aromatic N) is 1. The molecule has 1 aliphatic heterocycles. The van der Waals surface area contributed by atoms with E-state index < -0.39 is 0 Å². The maximum absolute atomic E-state index is 12.5. The molecule has 1 amide bonds. The van der Waals surface area contributed by atoms with Crippen LogP contribution in [0.15, 0.2) is 29.2 Å². The Morgan fingerprint density at radius 1 is 1.38 bits per heavy atom. The fraction of sp³-hybridized carbons (Fsp3) is 0.412. The molecular formula is C17H23ClN4OS. The van der Waals surface area contributed by atoms with Crippen LogP contribution in [0, 0.1) is 0 Å². The van der Waals surface area contributed by atoms with Crippen molar-refractivity contribution in [2.75, 3.05) is 12.3 Å². The van der Waals surface area contributed by atoms with E-state index in [0.717, 1.165) is 35.5 Å². The number of fused-ring (bicyclic) bond motifs is 1. The molecule has 24 heavy (non-hydrogen) atoms. The molecule has 0 spiro atoms.